The van der Waals surface area contributed by atoms with Crippen molar-refractivity contribution >= 4 is 11.8 Å². The molecule has 0 saturated carbocycles. The van der Waals surface area contributed by atoms with E-state index in [1.807, 2.05) is 0 Å². The Bertz CT molecular complexity index is 190. The van der Waals surface area contributed by atoms with E-state index in [1.54, 1.807) is 11.8 Å². The number of hydrogen-bond acceptors (Lipinski definition) is 2. The first kappa shape index (κ1) is 19.2. The molecule has 3 unspecified atom stereocenters. The first-order chi connectivity index (χ1) is 9.10. The van der Waals surface area contributed by atoms with Gasteiger partial charge in [0, 0.05) is 11.0 Å². The summed E-state index contributed by atoms with van der Waals surface area (Å²) < 4.78 is 13.7. The van der Waals surface area contributed by atoms with Gasteiger partial charge in [-0.15, -0.1) is 0 Å². The molecule has 19 heavy (non-hydrogen) atoms. The van der Waals surface area contributed by atoms with E-state index in [4.69, 9.17) is 0 Å². The fourth-order valence-electron chi connectivity index (χ4n) is 2.14. The molecule has 0 amide bonds. The first-order valence-corrected chi connectivity index (χ1v) is 9.08. The van der Waals surface area contributed by atoms with Crippen LogP contribution in [0.5, 0.6) is 0 Å². The predicted octanol–water partition coefficient (Wildman–Crippen LogP) is 5.36. The van der Waals surface area contributed by atoms with Gasteiger partial charge in [-0.2, -0.15) is 11.8 Å². The zero-order valence-electron chi connectivity index (χ0n) is 13.0. The van der Waals surface area contributed by atoms with Gasteiger partial charge in [0.2, 0.25) is 0 Å². The van der Waals surface area contributed by atoms with Gasteiger partial charge in [-0.25, -0.2) is 4.39 Å². The van der Waals surface area contributed by atoms with Crippen LogP contribution in [0.1, 0.15) is 78.6 Å². The molecule has 1 nitrogen and oxygen atoms in total. The predicted molar refractivity (Wildman–Crippen MR) is 85.7 cm³/mol. The number of thioether (sulfide) groups is 1. The minimum absolute atomic E-state index is 0.213. The van der Waals surface area contributed by atoms with Gasteiger partial charge in [-0.05, 0) is 19.3 Å². The zero-order chi connectivity index (χ0) is 14.5. The lowest BCUT2D eigenvalue weighted by molar-refractivity contribution is 0.185. The van der Waals surface area contributed by atoms with Gasteiger partial charge in [0.05, 0.1) is 6.10 Å². The smallest absolute Gasteiger partial charge is 0.101 e. The molecule has 0 bridgehead atoms. The number of alkyl halides is 1. The summed E-state index contributed by atoms with van der Waals surface area (Å²) in [5, 5.41) is 10.1. The van der Waals surface area contributed by atoms with Crippen molar-refractivity contribution in [2.45, 2.75) is 96.1 Å². The average molecular weight is 293 g/mol. The first-order valence-electron chi connectivity index (χ1n) is 8.03. The summed E-state index contributed by atoms with van der Waals surface area (Å²) in [6.07, 6.45) is 8.18. The Balaban J connectivity index is 3.52. The largest absolute Gasteiger partial charge is 0.392 e. The Morgan fingerprint density at radius 2 is 1.68 bits per heavy atom. The topological polar surface area (TPSA) is 20.2 Å². The molecule has 3 atom stereocenters. The van der Waals surface area contributed by atoms with Crippen LogP contribution in [-0.2, 0) is 0 Å². The molecule has 0 saturated heterocycles. The summed E-state index contributed by atoms with van der Waals surface area (Å²) in [5.41, 5.74) is 0. The number of rotatable bonds is 13. The summed E-state index contributed by atoms with van der Waals surface area (Å²) in [6, 6.07) is 0. The fourth-order valence-corrected chi connectivity index (χ4v) is 3.20. The normalized spacial score (nSPS) is 16.3. The van der Waals surface area contributed by atoms with Crippen LogP contribution in [0.2, 0.25) is 0 Å². The molecule has 1 N–H and O–H groups in total. The van der Waals surface area contributed by atoms with Crippen molar-refractivity contribution in [1.82, 2.24) is 0 Å². The lowest BCUT2D eigenvalue weighted by atomic mass is 10.1. The lowest BCUT2D eigenvalue weighted by Gasteiger charge is -2.16. The zero-order valence-corrected chi connectivity index (χ0v) is 13.9. The van der Waals surface area contributed by atoms with Crippen LogP contribution < -0.4 is 0 Å². The second-order valence-corrected chi connectivity index (χ2v) is 7.09. The van der Waals surface area contributed by atoms with Gasteiger partial charge in [-0.3, -0.25) is 0 Å². The molecular formula is C16H33FOS. The van der Waals surface area contributed by atoms with Gasteiger partial charge >= 0.3 is 0 Å². The Hall–Kier alpha value is 0.240. The summed E-state index contributed by atoms with van der Waals surface area (Å²) in [7, 11) is 0. The van der Waals surface area contributed by atoms with Crippen LogP contribution in [0.25, 0.3) is 0 Å². The van der Waals surface area contributed by atoms with E-state index in [0.29, 0.717) is 18.1 Å². The Kier molecular flexibility index (Phi) is 13.4. The number of unbranched alkanes of at least 4 members (excludes halogenated alkanes) is 4. The molecule has 0 rings (SSSR count). The Morgan fingerprint density at radius 3 is 2.32 bits per heavy atom. The van der Waals surface area contributed by atoms with Crippen LogP contribution >= 0.6 is 11.8 Å². The molecule has 0 heterocycles. The highest BCUT2D eigenvalue weighted by Crippen LogP contribution is 2.22. The van der Waals surface area contributed by atoms with Crippen molar-refractivity contribution in [1.29, 1.82) is 0 Å². The highest BCUT2D eigenvalue weighted by atomic mass is 32.2. The summed E-state index contributed by atoms with van der Waals surface area (Å²) >= 11 is 1.72. The summed E-state index contributed by atoms with van der Waals surface area (Å²) in [4.78, 5) is 0. The van der Waals surface area contributed by atoms with E-state index in [9.17, 15) is 9.50 Å². The van der Waals surface area contributed by atoms with Gasteiger partial charge in [-0.1, -0.05) is 59.3 Å². The second kappa shape index (κ2) is 13.2. The number of aliphatic hydroxyl groups excluding tert-OH is 1. The molecule has 0 aromatic carbocycles. The molecule has 0 aromatic rings. The second-order valence-electron chi connectivity index (χ2n) is 5.62. The van der Waals surface area contributed by atoms with Crippen molar-refractivity contribution in [2.75, 3.05) is 5.75 Å². The van der Waals surface area contributed by atoms with Gasteiger partial charge in [0.15, 0.2) is 0 Å². The van der Waals surface area contributed by atoms with Crippen molar-refractivity contribution in [3.8, 4) is 0 Å². The molecule has 116 valence electrons. The van der Waals surface area contributed by atoms with Gasteiger partial charge in [0.1, 0.15) is 6.17 Å². The van der Waals surface area contributed by atoms with Crippen molar-refractivity contribution in [3.05, 3.63) is 0 Å². The van der Waals surface area contributed by atoms with E-state index in [0.717, 1.165) is 37.9 Å². The molecule has 3 heteroatoms. The maximum Gasteiger partial charge on any atom is 0.101 e. The van der Waals surface area contributed by atoms with Gasteiger partial charge < -0.3 is 5.11 Å². The molecule has 0 aromatic heterocycles. The third-order valence-electron chi connectivity index (χ3n) is 3.42. The molecule has 0 spiro atoms. The van der Waals surface area contributed by atoms with E-state index >= 15 is 0 Å². The van der Waals surface area contributed by atoms with Crippen molar-refractivity contribution < 1.29 is 9.50 Å². The molecule has 0 radical (unpaired) electrons. The maximum atomic E-state index is 13.7. The van der Waals surface area contributed by atoms with E-state index in [2.05, 4.69) is 20.8 Å². The number of aliphatic hydroxyl groups is 1. The van der Waals surface area contributed by atoms with Gasteiger partial charge in [0.25, 0.3) is 0 Å². The summed E-state index contributed by atoms with van der Waals surface area (Å²) in [5.74, 6) is 0.754. The Labute approximate surface area is 123 Å². The highest BCUT2D eigenvalue weighted by Gasteiger charge is 2.14. The standard InChI is InChI=1S/C16H33FOS/c1-4-6-8-9-10-15(17)12-14(3)19-13-16(18)11-7-5-2/h14-16,18H,4-13H2,1-3H3. The monoisotopic (exact) mass is 292 g/mol. The maximum absolute atomic E-state index is 13.7. The average Bonchev–Trinajstić information content (AvgIpc) is 2.39. The fraction of sp³-hybridized carbons (Fsp3) is 1.00. The van der Waals surface area contributed by atoms with Crippen LogP contribution in [0.4, 0.5) is 4.39 Å². The van der Waals surface area contributed by atoms with Crippen LogP contribution in [0.15, 0.2) is 0 Å². The molecular weight excluding hydrogens is 259 g/mol. The Morgan fingerprint density at radius 1 is 1.00 bits per heavy atom. The van der Waals surface area contributed by atoms with E-state index < -0.39 is 6.17 Å². The number of halogens is 1. The molecule has 0 fully saturated rings. The van der Waals surface area contributed by atoms with Crippen LogP contribution in [0, 0.1) is 0 Å². The van der Waals surface area contributed by atoms with Crippen LogP contribution in [0.3, 0.4) is 0 Å². The highest BCUT2D eigenvalue weighted by molar-refractivity contribution is 7.99. The molecule has 0 aliphatic heterocycles. The third kappa shape index (κ3) is 13.0. The summed E-state index contributed by atoms with van der Waals surface area (Å²) in [6.45, 7) is 6.39. The quantitative estimate of drug-likeness (QED) is 0.461. The molecule has 0 aliphatic rings. The minimum Gasteiger partial charge on any atom is -0.392 e. The minimum atomic E-state index is -0.660. The SMILES string of the molecule is CCCCCCC(F)CC(C)SCC(O)CCCC. The molecule has 0 aliphatic carbocycles. The third-order valence-corrected chi connectivity index (χ3v) is 4.76. The van der Waals surface area contributed by atoms with Crippen LogP contribution in [-0.4, -0.2) is 28.4 Å². The lowest BCUT2D eigenvalue weighted by Crippen LogP contribution is -2.15. The van der Waals surface area contributed by atoms with Crippen molar-refractivity contribution in [3.63, 3.8) is 0 Å². The van der Waals surface area contributed by atoms with E-state index in [-0.39, 0.29) is 6.10 Å². The number of hydrogen-bond donors (Lipinski definition) is 1. The van der Waals surface area contributed by atoms with E-state index in [1.165, 1.54) is 12.8 Å². The van der Waals surface area contributed by atoms with Crippen molar-refractivity contribution in [2.24, 2.45) is 0 Å².